The lowest BCUT2D eigenvalue weighted by atomic mass is 10.1. The number of aromatic nitrogens is 2. The fourth-order valence-corrected chi connectivity index (χ4v) is 3.31. The zero-order valence-electron chi connectivity index (χ0n) is 13.3. The van der Waals surface area contributed by atoms with Crippen molar-refractivity contribution in [2.75, 3.05) is 13.1 Å². The first-order chi connectivity index (χ1) is 11.3. The summed E-state index contributed by atoms with van der Waals surface area (Å²) in [6, 6.07) is 8.67. The quantitative estimate of drug-likeness (QED) is 0.913. The Kier molecular flexibility index (Phi) is 5.97. The number of nitrogens with zero attached hydrogens (tertiary/aromatic N) is 3. The van der Waals surface area contributed by atoms with Crippen LogP contribution in [0.15, 0.2) is 42.9 Å². The molecule has 0 amide bonds. The van der Waals surface area contributed by atoms with Gasteiger partial charge in [0.2, 0.25) is 0 Å². The molecule has 1 N–H and O–H groups in total. The van der Waals surface area contributed by atoms with Crippen molar-refractivity contribution in [1.82, 2.24) is 20.2 Å². The molecular formula is C18H23ClN4. The topological polar surface area (TPSA) is 41.1 Å². The first-order valence-electron chi connectivity index (χ1n) is 8.26. The SMILES string of the molecule is Clc1cnccc1CN(Cc1ccccn1)[C@@H]1CCCNCC1. The maximum absolute atomic E-state index is 6.33. The number of hydrogen-bond acceptors (Lipinski definition) is 4. The molecular weight excluding hydrogens is 308 g/mol. The van der Waals surface area contributed by atoms with Gasteiger partial charge in [-0.3, -0.25) is 14.9 Å². The van der Waals surface area contributed by atoms with Crippen LogP contribution in [0.2, 0.25) is 5.02 Å². The summed E-state index contributed by atoms with van der Waals surface area (Å²) >= 11 is 6.33. The molecule has 2 aromatic heterocycles. The fourth-order valence-electron chi connectivity index (χ4n) is 3.13. The monoisotopic (exact) mass is 330 g/mol. The maximum Gasteiger partial charge on any atom is 0.0634 e. The van der Waals surface area contributed by atoms with Crippen LogP contribution in [-0.2, 0) is 13.1 Å². The predicted octanol–water partition coefficient (Wildman–Crippen LogP) is 3.27. The van der Waals surface area contributed by atoms with Crippen molar-refractivity contribution in [3.8, 4) is 0 Å². The Morgan fingerprint density at radius 1 is 1.13 bits per heavy atom. The summed E-state index contributed by atoms with van der Waals surface area (Å²) in [6.45, 7) is 3.88. The van der Waals surface area contributed by atoms with Crippen LogP contribution in [0.3, 0.4) is 0 Å². The third-order valence-corrected chi connectivity index (χ3v) is 4.72. The average Bonchev–Trinajstić information content (AvgIpc) is 2.86. The Morgan fingerprint density at radius 3 is 2.91 bits per heavy atom. The molecule has 23 heavy (non-hydrogen) atoms. The standard InChI is InChI=1S/C18H23ClN4/c19-18-12-21-10-6-15(18)13-23(14-16-4-1-2-9-22-16)17-5-3-8-20-11-7-17/h1-2,4,6,9-10,12,17,20H,3,5,7-8,11,13-14H2/t17-/m1/s1. The van der Waals surface area contributed by atoms with Crippen molar-refractivity contribution in [3.05, 3.63) is 59.1 Å². The minimum absolute atomic E-state index is 0.552. The lowest BCUT2D eigenvalue weighted by molar-refractivity contribution is 0.162. The minimum atomic E-state index is 0.552. The summed E-state index contributed by atoms with van der Waals surface area (Å²) in [5, 5.41) is 4.23. The summed E-state index contributed by atoms with van der Waals surface area (Å²) < 4.78 is 0. The number of hydrogen-bond donors (Lipinski definition) is 1. The molecule has 3 heterocycles. The van der Waals surface area contributed by atoms with E-state index < -0.39 is 0 Å². The highest BCUT2D eigenvalue weighted by atomic mass is 35.5. The molecule has 122 valence electrons. The number of nitrogens with one attached hydrogen (secondary N) is 1. The summed E-state index contributed by atoms with van der Waals surface area (Å²) in [7, 11) is 0. The van der Waals surface area contributed by atoms with E-state index in [1.165, 1.54) is 12.8 Å². The summed E-state index contributed by atoms with van der Waals surface area (Å²) in [4.78, 5) is 11.1. The molecule has 2 aromatic rings. The van der Waals surface area contributed by atoms with Crippen LogP contribution >= 0.6 is 11.6 Å². The van der Waals surface area contributed by atoms with E-state index in [-0.39, 0.29) is 0 Å². The molecule has 0 aromatic carbocycles. The third kappa shape index (κ3) is 4.74. The van der Waals surface area contributed by atoms with E-state index in [4.69, 9.17) is 11.6 Å². The molecule has 1 aliphatic rings. The van der Waals surface area contributed by atoms with Crippen LogP contribution in [0.25, 0.3) is 0 Å². The molecule has 1 atom stereocenters. The van der Waals surface area contributed by atoms with E-state index in [0.717, 1.165) is 48.9 Å². The zero-order chi connectivity index (χ0) is 15.9. The number of halogens is 1. The Balaban J connectivity index is 1.78. The van der Waals surface area contributed by atoms with Crippen molar-refractivity contribution in [3.63, 3.8) is 0 Å². The van der Waals surface area contributed by atoms with Crippen LogP contribution in [0.4, 0.5) is 0 Å². The summed E-state index contributed by atoms with van der Waals surface area (Å²) in [5.74, 6) is 0. The number of rotatable bonds is 5. The lowest BCUT2D eigenvalue weighted by Crippen LogP contribution is -2.35. The molecule has 0 unspecified atom stereocenters. The van der Waals surface area contributed by atoms with Crippen molar-refractivity contribution in [2.24, 2.45) is 0 Å². The minimum Gasteiger partial charge on any atom is -0.317 e. The molecule has 1 saturated heterocycles. The Bertz CT molecular complexity index is 597. The summed E-state index contributed by atoms with van der Waals surface area (Å²) in [5.41, 5.74) is 2.24. The molecule has 4 nitrogen and oxygen atoms in total. The van der Waals surface area contributed by atoms with Crippen molar-refractivity contribution in [1.29, 1.82) is 0 Å². The van der Waals surface area contributed by atoms with Gasteiger partial charge in [-0.25, -0.2) is 0 Å². The molecule has 1 aliphatic heterocycles. The van der Waals surface area contributed by atoms with Gasteiger partial charge in [0.15, 0.2) is 0 Å². The third-order valence-electron chi connectivity index (χ3n) is 4.38. The van der Waals surface area contributed by atoms with Gasteiger partial charge in [-0.05, 0) is 56.1 Å². The molecule has 1 fully saturated rings. The van der Waals surface area contributed by atoms with Crippen LogP contribution in [0.1, 0.15) is 30.5 Å². The van der Waals surface area contributed by atoms with Crippen LogP contribution < -0.4 is 5.32 Å². The number of pyridine rings is 2. The lowest BCUT2D eigenvalue weighted by Gasteiger charge is -2.31. The van der Waals surface area contributed by atoms with Crippen LogP contribution in [0.5, 0.6) is 0 Å². The Labute approximate surface area is 142 Å². The smallest absolute Gasteiger partial charge is 0.0634 e. The van der Waals surface area contributed by atoms with Gasteiger partial charge in [0, 0.05) is 37.7 Å². The molecule has 0 aliphatic carbocycles. The maximum atomic E-state index is 6.33. The summed E-state index contributed by atoms with van der Waals surface area (Å²) in [6.07, 6.45) is 8.99. The van der Waals surface area contributed by atoms with E-state index in [9.17, 15) is 0 Å². The first-order valence-corrected chi connectivity index (χ1v) is 8.64. The van der Waals surface area contributed by atoms with Gasteiger partial charge in [0.05, 0.1) is 10.7 Å². The highest BCUT2D eigenvalue weighted by molar-refractivity contribution is 6.31. The van der Waals surface area contributed by atoms with Gasteiger partial charge in [0.25, 0.3) is 0 Å². The van der Waals surface area contributed by atoms with Gasteiger partial charge >= 0.3 is 0 Å². The average molecular weight is 331 g/mol. The highest BCUT2D eigenvalue weighted by Crippen LogP contribution is 2.22. The normalized spacial score (nSPS) is 18.8. The predicted molar refractivity (Wildman–Crippen MR) is 93.2 cm³/mol. The molecule has 5 heteroatoms. The van der Waals surface area contributed by atoms with E-state index in [0.29, 0.717) is 6.04 Å². The molecule has 0 spiro atoms. The van der Waals surface area contributed by atoms with Gasteiger partial charge in [0.1, 0.15) is 0 Å². The second-order valence-electron chi connectivity index (χ2n) is 6.03. The molecule has 0 bridgehead atoms. The Morgan fingerprint density at radius 2 is 2.09 bits per heavy atom. The second-order valence-corrected chi connectivity index (χ2v) is 6.44. The first kappa shape index (κ1) is 16.4. The molecule has 0 radical (unpaired) electrons. The van der Waals surface area contributed by atoms with Crippen LogP contribution in [-0.4, -0.2) is 34.0 Å². The van der Waals surface area contributed by atoms with Crippen molar-refractivity contribution in [2.45, 2.75) is 38.4 Å². The zero-order valence-corrected chi connectivity index (χ0v) is 14.0. The molecule has 0 saturated carbocycles. The second kappa shape index (κ2) is 8.39. The highest BCUT2D eigenvalue weighted by Gasteiger charge is 2.21. The molecule has 3 rings (SSSR count). The van der Waals surface area contributed by atoms with E-state index in [1.54, 1.807) is 6.20 Å². The van der Waals surface area contributed by atoms with Crippen LogP contribution in [0, 0.1) is 0 Å². The van der Waals surface area contributed by atoms with Crippen molar-refractivity contribution < 1.29 is 0 Å². The van der Waals surface area contributed by atoms with Gasteiger partial charge in [-0.2, -0.15) is 0 Å². The van der Waals surface area contributed by atoms with Gasteiger partial charge < -0.3 is 5.32 Å². The van der Waals surface area contributed by atoms with Crippen molar-refractivity contribution >= 4 is 11.6 Å². The van der Waals surface area contributed by atoms with Gasteiger partial charge in [-0.1, -0.05) is 17.7 Å². The van der Waals surface area contributed by atoms with E-state index >= 15 is 0 Å². The fraction of sp³-hybridized carbons (Fsp3) is 0.444. The Hall–Kier alpha value is -1.49. The van der Waals surface area contributed by atoms with E-state index in [1.807, 2.05) is 24.5 Å². The van der Waals surface area contributed by atoms with Gasteiger partial charge in [-0.15, -0.1) is 0 Å². The van der Waals surface area contributed by atoms with E-state index in [2.05, 4.69) is 32.3 Å². The largest absolute Gasteiger partial charge is 0.317 e.